The van der Waals surface area contributed by atoms with Gasteiger partial charge in [0.25, 0.3) is 5.56 Å². The molecule has 0 spiro atoms. The molecular formula is C14H14N4O2S. The molecule has 0 radical (unpaired) electrons. The number of fused-ring (bicyclic) bond motifs is 1. The Morgan fingerprint density at radius 3 is 2.90 bits per heavy atom. The SMILES string of the molecule is O=c1c2nccnc2ncn1C[C@H](CO)Cc1ccsc1. The summed E-state index contributed by atoms with van der Waals surface area (Å²) in [7, 11) is 0. The first-order chi connectivity index (χ1) is 10.3. The molecule has 108 valence electrons. The lowest BCUT2D eigenvalue weighted by molar-refractivity contribution is 0.209. The minimum absolute atomic E-state index is 0.0147. The second-order valence-electron chi connectivity index (χ2n) is 4.81. The number of hydrogen-bond acceptors (Lipinski definition) is 6. The van der Waals surface area contributed by atoms with Crippen molar-refractivity contribution in [2.24, 2.45) is 5.92 Å². The topological polar surface area (TPSA) is 80.9 Å². The first kappa shape index (κ1) is 13.8. The first-order valence-electron chi connectivity index (χ1n) is 6.56. The van der Waals surface area contributed by atoms with Gasteiger partial charge in [-0.1, -0.05) is 0 Å². The number of hydrogen-bond donors (Lipinski definition) is 1. The van der Waals surface area contributed by atoms with Crippen LogP contribution in [0, 0.1) is 5.92 Å². The molecule has 3 heterocycles. The van der Waals surface area contributed by atoms with E-state index in [1.54, 1.807) is 11.3 Å². The summed E-state index contributed by atoms with van der Waals surface area (Å²) in [6.07, 6.45) is 5.18. The lowest BCUT2D eigenvalue weighted by atomic mass is 10.0. The van der Waals surface area contributed by atoms with Crippen LogP contribution in [0.2, 0.25) is 0 Å². The van der Waals surface area contributed by atoms with Crippen molar-refractivity contribution in [1.29, 1.82) is 0 Å². The van der Waals surface area contributed by atoms with E-state index in [0.717, 1.165) is 6.42 Å². The normalized spacial score (nSPS) is 12.6. The van der Waals surface area contributed by atoms with E-state index in [-0.39, 0.29) is 23.6 Å². The number of aliphatic hydroxyl groups excluding tert-OH is 1. The Balaban J connectivity index is 1.86. The molecule has 0 bridgehead atoms. The molecule has 0 aromatic carbocycles. The van der Waals surface area contributed by atoms with Crippen molar-refractivity contribution in [2.45, 2.75) is 13.0 Å². The molecule has 3 rings (SSSR count). The van der Waals surface area contributed by atoms with Crippen molar-refractivity contribution in [3.63, 3.8) is 0 Å². The standard InChI is InChI=1S/C14H14N4O2S/c19-7-11(5-10-1-4-21-8-10)6-18-9-17-13-12(14(18)20)15-2-3-16-13/h1-4,8-9,11,19H,5-7H2/t11-/m1/s1. The third-order valence-corrected chi connectivity index (χ3v) is 4.01. The average molecular weight is 302 g/mol. The Bertz CT molecular complexity index is 785. The summed E-state index contributed by atoms with van der Waals surface area (Å²) in [6.45, 7) is 0.422. The molecule has 21 heavy (non-hydrogen) atoms. The summed E-state index contributed by atoms with van der Waals surface area (Å²) in [4.78, 5) is 24.5. The van der Waals surface area contributed by atoms with Crippen LogP contribution in [0.15, 0.2) is 40.3 Å². The van der Waals surface area contributed by atoms with Crippen molar-refractivity contribution >= 4 is 22.5 Å². The molecule has 6 nitrogen and oxygen atoms in total. The molecule has 0 fully saturated rings. The van der Waals surface area contributed by atoms with E-state index < -0.39 is 0 Å². The Labute approximate surface area is 124 Å². The van der Waals surface area contributed by atoms with Crippen molar-refractivity contribution in [3.05, 3.63) is 51.5 Å². The third-order valence-electron chi connectivity index (χ3n) is 3.28. The summed E-state index contributed by atoms with van der Waals surface area (Å²) in [5, 5.41) is 13.6. The highest BCUT2D eigenvalue weighted by atomic mass is 32.1. The minimum Gasteiger partial charge on any atom is -0.396 e. The summed E-state index contributed by atoms with van der Waals surface area (Å²) in [5.41, 5.74) is 1.54. The molecule has 0 aliphatic rings. The Morgan fingerprint density at radius 1 is 1.29 bits per heavy atom. The summed E-state index contributed by atoms with van der Waals surface area (Å²) in [5.74, 6) is -0.0341. The molecule has 0 aliphatic carbocycles. The third kappa shape index (κ3) is 2.98. The second kappa shape index (κ2) is 6.11. The van der Waals surface area contributed by atoms with Gasteiger partial charge in [0, 0.05) is 31.5 Å². The van der Waals surface area contributed by atoms with Crippen molar-refractivity contribution in [2.75, 3.05) is 6.61 Å². The van der Waals surface area contributed by atoms with E-state index >= 15 is 0 Å². The van der Waals surface area contributed by atoms with Gasteiger partial charge in [-0.15, -0.1) is 0 Å². The van der Waals surface area contributed by atoms with Crippen LogP contribution in [-0.4, -0.2) is 31.2 Å². The Hall–Kier alpha value is -2.12. The Kier molecular flexibility index (Phi) is 4.03. The minimum atomic E-state index is -0.225. The van der Waals surface area contributed by atoms with Gasteiger partial charge in [-0.05, 0) is 28.8 Å². The first-order valence-corrected chi connectivity index (χ1v) is 7.50. The van der Waals surface area contributed by atoms with E-state index in [9.17, 15) is 9.90 Å². The van der Waals surface area contributed by atoms with Crippen LogP contribution in [-0.2, 0) is 13.0 Å². The second-order valence-corrected chi connectivity index (χ2v) is 5.59. The van der Waals surface area contributed by atoms with Gasteiger partial charge in [0.15, 0.2) is 11.2 Å². The zero-order valence-electron chi connectivity index (χ0n) is 11.2. The largest absolute Gasteiger partial charge is 0.396 e. The molecule has 1 N–H and O–H groups in total. The van der Waals surface area contributed by atoms with Gasteiger partial charge in [0.05, 0.1) is 0 Å². The lowest BCUT2D eigenvalue weighted by Crippen LogP contribution is -2.27. The monoisotopic (exact) mass is 302 g/mol. The van der Waals surface area contributed by atoms with Gasteiger partial charge in [0.2, 0.25) is 0 Å². The fourth-order valence-electron chi connectivity index (χ4n) is 2.23. The fourth-order valence-corrected chi connectivity index (χ4v) is 2.91. The van der Waals surface area contributed by atoms with Crippen molar-refractivity contribution in [1.82, 2.24) is 19.5 Å². The molecular weight excluding hydrogens is 288 g/mol. The van der Waals surface area contributed by atoms with E-state index in [0.29, 0.717) is 12.2 Å². The quantitative estimate of drug-likeness (QED) is 0.763. The molecule has 3 aromatic heterocycles. The predicted molar refractivity (Wildman–Crippen MR) is 80.2 cm³/mol. The zero-order valence-corrected chi connectivity index (χ0v) is 12.0. The van der Waals surface area contributed by atoms with Crippen LogP contribution in [0.4, 0.5) is 0 Å². The van der Waals surface area contributed by atoms with Crippen LogP contribution >= 0.6 is 11.3 Å². The maximum absolute atomic E-state index is 12.3. The van der Waals surface area contributed by atoms with Crippen molar-refractivity contribution in [3.8, 4) is 0 Å². The van der Waals surface area contributed by atoms with E-state index in [2.05, 4.69) is 20.3 Å². The van der Waals surface area contributed by atoms with E-state index in [1.165, 1.54) is 28.9 Å². The summed E-state index contributed by atoms with van der Waals surface area (Å²) < 4.78 is 1.49. The number of aliphatic hydroxyl groups is 1. The van der Waals surface area contributed by atoms with Gasteiger partial charge in [0.1, 0.15) is 6.33 Å². The van der Waals surface area contributed by atoms with Crippen LogP contribution in [0.5, 0.6) is 0 Å². The van der Waals surface area contributed by atoms with Crippen LogP contribution < -0.4 is 5.56 Å². The molecule has 0 unspecified atom stereocenters. The zero-order chi connectivity index (χ0) is 14.7. The molecule has 7 heteroatoms. The molecule has 0 saturated heterocycles. The van der Waals surface area contributed by atoms with E-state index in [4.69, 9.17) is 0 Å². The highest BCUT2D eigenvalue weighted by molar-refractivity contribution is 7.07. The molecule has 0 saturated carbocycles. The van der Waals surface area contributed by atoms with Crippen molar-refractivity contribution < 1.29 is 5.11 Å². The molecule has 0 aliphatic heterocycles. The predicted octanol–water partition coefficient (Wildman–Crippen LogP) is 1.10. The Morgan fingerprint density at radius 2 is 2.14 bits per heavy atom. The van der Waals surface area contributed by atoms with Gasteiger partial charge in [-0.25, -0.2) is 15.0 Å². The average Bonchev–Trinajstić information content (AvgIpc) is 3.02. The number of aromatic nitrogens is 4. The van der Waals surface area contributed by atoms with Crippen LogP contribution in [0.25, 0.3) is 11.2 Å². The fraction of sp³-hybridized carbons (Fsp3) is 0.286. The van der Waals surface area contributed by atoms with Crippen LogP contribution in [0.3, 0.4) is 0 Å². The highest BCUT2D eigenvalue weighted by Crippen LogP contribution is 2.13. The maximum atomic E-state index is 12.3. The molecule has 3 aromatic rings. The van der Waals surface area contributed by atoms with Gasteiger partial charge >= 0.3 is 0 Å². The highest BCUT2D eigenvalue weighted by Gasteiger charge is 2.13. The number of thiophene rings is 1. The summed E-state index contributed by atoms with van der Waals surface area (Å²) in [6, 6.07) is 2.03. The molecule has 1 atom stereocenters. The van der Waals surface area contributed by atoms with Crippen LogP contribution in [0.1, 0.15) is 5.56 Å². The number of rotatable bonds is 5. The smallest absolute Gasteiger partial charge is 0.281 e. The van der Waals surface area contributed by atoms with Gasteiger partial charge < -0.3 is 5.11 Å². The van der Waals surface area contributed by atoms with Gasteiger partial charge in [-0.3, -0.25) is 9.36 Å². The van der Waals surface area contributed by atoms with Gasteiger partial charge in [-0.2, -0.15) is 11.3 Å². The summed E-state index contributed by atoms with van der Waals surface area (Å²) >= 11 is 1.62. The maximum Gasteiger partial charge on any atom is 0.281 e. The van der Waals surface area contributed by atoms with E-state index in [1.807, 2.05) is 11.4 Å². The number of nitrogens with zero attached hydrogens (tertiary/aromatic N) is 4. The lowest BCUT2D eigenvalue weighted by Gasteiger charge is -2.14. The molecule has 0 amide bonds.